The van der Waals surface area contributed by atoms with E-state index in [0.29, 0.717) is 6.41 Å². The van der Waals surface area contributed by atoms with Gasteiger partial charge in [-0.15, -0.1) is 0 Å². The summed E-state index contributed by atoms with van der Waals surface area (Å²) in [6.07, 6.45) is -0.182. The third-order valence-corrected chi connectivity index (χ3v) is 0.914. The number of hydrogen-bond acceptors (Lipinski definition) is 3. The molecule has 0 spiro atoms. The first kappa shape index (κ1) is 10.7. The van der Waals surface area contributed by atoms with Crippen molar-refractivity contribution in [3.63, 3.8) is 0 Å². The van der Waals surface area contributed by atoms with E-state index in [1.807, 2.05) is 0 Å². The van der Waals surface area contributed by atoms with Crippen molar-refractivity contribution in [1.29, 1.82) is 0 Å². The lowest BCUT2D eigenvalue weighted by molar-refractivity contribution is -0.113. The molecule has 0 saturated heterocycles. The largest absolute Gasteiger partial charge is 0.442 e. The Hall–Kier alpha value is -1.26. The van der Waals surface area contributed by atoms with Gasteiger partial charge in [0.2, 0.25) is 6.41 Å². The first-order valence-electron chi connectivity index (χ1n) is 3.53. The average Bonchev–Trinajstić information content (AvgIpc) is 1.84. The van der Waals surface area contributed by atoms with Crippen LogP contribution in [0.15, 0.2) is 0 Å². The molecule has 5 nitrogen and oxygen atoms in total. The van der Waals surface area contributed by atoms with Crippen LogP contribution in [0.25, 0.3) is 0 Å². The molecule has 2 amide bonds. The molecular formula is C7H14N2O3. The average molecular weight is 174 g/mol. The Bertz CT molecular complexity index is 174. The van der Waals surface area contributed by atoms with Gasteiger partial charge in [-0.25, -0.2) is 9.80 Å². The van der Waals surface area contributed by atoms with Gasteiger partial charge in [-0.3, -0.25) is 10.2 Å². The second kappa shape index (κ2) is 3.94. The fourth-order valence-corrected chi connectivity index (χ4v) is 0.462. The van der Waals surface area contributed by atoms with Crippen molar-refractivity contribution in [3.8, 4) is 0 Å². The zero-order chi connectivity index (χ0) is 9.78. The van der Waals surface area contributed by atoms with E-state index in [1.165, 1.54) is 7.05 Å². The van der Waals surface area contributed by atoms with Crippen LogP contribution >= 0.6 is 0 Å². The predicted molar refractivity (Wildman–Crippen MR) is 43.2 cm³/mol. The summed E-state index contributed by atoms with van der Waals surface area (Å²) in [4.78, 5) is 21.0. The Kier molecular flexibility index (Phi) is 3.53. The first-order valence-corrected chi connectivity index (χ1v) is 3.53. The molecule has 70 valence electrons. The molecule has 1 N–H and O–H groups in total. The summed E-state index contributed by atoms with van der Waals surface area (Å²) in [6.45, 7) is 5.25. The Balaban J connectivity index is 3.95. The highest BCUT2D eigenvalue weighted by molar-refractivity contribution is 5.69. The van der Waals surface area contributed by atoms with E-state index in [4.69, 9.17) is 4.74 Å². The Labute approximate surface area is 71.6 Å². The molecule has 0 heterocycles. The molecule has 0 aliphatic carbocycles. The summed E-state index contributed by atoms with van der Waals surface area (Å²) in [5.74, 6) is 0. The topological polar surface area (TPSA) is 58.6 Å². The van der Waals surface area contributed by atoms with Crippen molar-refractivity contribution < 1.29 is 14.3 Å². The zero-order valence-corrected chi connectivity index (χ0v) is 7.75. The number of nitrogens with one attached hydrogen (secondary N) is 1. The number of amides is 2. The molecule has 0 atom stereocenters. The van der Waals surface area contributed by atoms with Crippen molar-refractivity contribution in [2.24, 2.45) is 0 Å². The molecule has 0 fully saturated rings. The van der Waals surface area contributed by atoms with Gasteiger partial charge < -0.3 is 4.74 Å². The quantitative estimate of drug-likeness (QED) is 0.490. The minimum Gasteiger partial charge on any atom is -0.442 e. The van der Waals surface area contributed by atoms with Gasteiger partial charge in [-0.05, 0) is 20.8 Å². The first-order chi connectivity index (χ1) is 5.37. The van der Waals surface area contributed by atoms with Crippen LogP contribution in [-0.2, 0) is 9.53 Å². The van der Waals surface area contributed by atoms with Gasteiger partial charge in [-0.2, -0.15) is 0 Å². The van der Waals surface area contributed by atoms with E-state index >= 15 is 0 Å². The fourth-order valence-electron chi connectivity index (χ4n) is 0.462. The molecule has 0 bridgehead atoms. The van der Waals surface area contributed by atoms with Crippen molar-refractivity contribution in [3.05, 3.63) is 0 Å². The summed E-state index contributed by atoms with van der Waals surface area (Å²) in [6, 6.07) is 0. The van der Waals surface area contributed by atoms with Crippen LogP contribution in [0.2, 0.25) is 0 Å². The van der Waals surface area contributed by atoms with E-state index in [2.05, 4.69) is 5.43 Å². The molecule has 0 rings (SSSR count). The van der Waals surface area contributed by atoms with Gasteiger partial charge in [-0.1, -0.05) is 0 Å². The number of carbonyl (C=O) groups is 2. The van der Waals surface area contributed by atoms with Crippen molar-refractivity contribution in [2.45, 2.75) is 26.4 Å². The number of rotatable bonds is 2. The predicted octanol–water partition coefficient (Wildman–Crippen LogP) is 0.514. The third kappa shape index (κ3) is 4.54. The SMILES string of the molecule is CN(NC=O)C(=O)OC(C)(C)C. The highest BCUT2D eigenvalue weighted by Crippen LogP contribution is 2.07. The highest BCUT2D eigenvalue weighted by atomic mass is 16.6. The van der Waals surface area contributed by atoms with Crippen LogP contribution in [0.4, 0.5) is 4.79 Å². The van der Waals surface area contributed by atoms with Gasteiger partial charge in [0.1, 0.15) is 5.60 Å². The summed E-state index contributed by atoms with van der Waals surface area (Å²) in [5.41, 5.74) is 1.60. The maximum atomic E-state index is 11.0. The fraction of sp³-hybridized carbons (Fsp3) is 0.714. The van der Waals surface area contributed by atoms with Crippen LogP contribution in [0.5, 0.6) is 0 Å². The molecule has 5 heteroatoms. The highest BCUT2D eigenvalue weighted by Gasteiger charge is 2.18. The van der Waals surface area contributed by atoms with E-state index in [0.717, 1.165) is 5.01 Å². The standard InChI is InChI=1S/C7H14N2O3/c1-7(2,3)12-6(11)9(4)8-5-10/h5H,1-4H3,(H,8,10). The maximum absolute atomic E-state index is 11.0. The lowest BCUT2D eigenvalue weighted by Gasteiger charge is -2.23. The minimum atomic E-state index is -0.588. The monoisotopic (exact) mass is 174 g/mol. The Morgan fingerprint density at radius 1 is 1.50 bits per heavy atom. The molecule has 0 unspecified atom stereocenters. The number of ether oxygens (including phenoxy) is 1. The van der Waals surface area contributed by atoms with Gasteiger partial charge in [0.25, 0.3) is 0 Å². The number of hydrogen-bond donors (Lipinski definition) is 1. The summed E-state index contributed by atoms with van der Waals surface area (Å²) >= 11 is 0. The zero-order valence-electron chi connectivity index (χ0n) is 7.75. The van der Waals surface area contributed by atoms with E-state index in [1.54, 1.807) is 20.8 Å². The molecule has 0 radical (unpaired) electrons. The lowest BCUT2D eigenvalue weighted by Crippen LogP contribution is -2.42. The van der Waals surface area contributed by atoms with Gasteiger partial charge in [0.15, 0.2) is 0 Å². The molecular weight excluding hydrogens is 160 g/mol. The summed E-state index contributed by atoms with van der Waals surface area (Å²) in [7, 11) is 1.41. The maximum Gasteiger partial charge on any atom is 0.428 e. The van der Waals surface area contributed by atoms with Crippen molar-refractivity contribution in [1.82, 2.24) is 10.4 Å². The second-order valence-corrected chi connectivity index (χ2v) is 3.29. The Morgan fingerprint density at radius 3 is 2.33 bits per heavy atom. The number of carbonyl (C=O) groups excluding carboxylic acids is 2. The van der Waals surface area contributed by atoms with Crippen LogP contribution in [0.1, 0.15) is 20.8 Å². The summed E-state index contributed by atoms with van der Waals surface area (Å²) in [5, 5.41) is 0.970. The van der Waals surface area contributed by atoms with Crippen LogP contribution in [0.3, 0.4) is 0 Å². The number of hydrazine groups is 1. The normalized spacial score (nSPS) is 10.3. The van der Waals surface area contributed by atoms with E-state index in [-0.39, 0.29) is 0 Å². The molecule has 12 heavy (non-hydrogen) atoms. The minimum absolute atomic E-state index is 0.407. The van der Waals surface area contributed by atoms with Crippen LogP contribution in [-0.4, -0.2) is 30.2 Å². The smallest absolute Gasteiger partial charge is 0.428 e. The van der Waals surface area contributed by atoms with Gasteiger partial charge in [0, 0.05) is 7.05 Å². The summed E-state index contributed by atoms with van der Waals surface area (Å²) < 4.78 is 4.92. The molecule has 0 aromatic heterocycles. The van der Waals surface area contributed by atoms with E-state index < -0.39 is 11.7 Å². The van der Waals surface area contributed by atoms with Gasteiger partial charge >= 0.3 is 6.09 Å². The molecule has 0 saturated carbocycles. The molecule has 0 aromatic rings. The van der Waals surface area contributed by atoms with Crippen LogP contribution < -0.4 is 5.43 Å². The Morgan fingerprint density at radius 2 is 2.00 bits per heavy atom. The lowest BCUT2D eigenvalue weighted by atomic mass is 10.2. The van der Waals surface area contributed by atoms with Crippen LogP contribution in [0, 0.1) is 0 Å². The van der Waals surface area contributed by atoms with Gasteiger partial charge in [0.05, 0.1) is 0 Å². The molecule has 0 aliphatic heterocycles. The van der Waals surface area contributed by atoms with Crippen molar-refractivity contribution in [2.75, 3.05) is 7.05 Å². The molecule has 0 aliphatic rings. The van der Waals surface area contributed by atoms with E-state index in [9.17, 15) is 9.59 Å². The molecule has 0 aromatic carbocycles. The second-order valence-electron chi connectivity index (χ2n) is 3.29. The number of nitrogens with zero attached hydrogens (tertiary/aromatic N) is 1. The third-order valence-electron chi connectivity index (χ3n) is 0.914. The van der Waals surface area contributed by atoms with Crippen molar-refractivity contribution >= 4 is 12.5 Å².